The molecule has 3 aromatic rings. The minimum absolute atomic E-state index is 0.0394. The van der Waals surface area contributed by atoms with Gasteiger partial charge in [-0.2, -0.15) is 4.31 Å². The maximum atomic E-state index is 12.7. The first-order valence-corrected chi connectivity index (χ1v) is 13.9. The van der Waals surface area contributed by atoms with Gasteiger partial charge in [-0.25, -0.2) is 16.8 Å². The van der Waals surface area contributed by atoms with E-state index in [-0.39, 0.29) is 20.6 Å². The molecule has 1 aliphatic rings. The van der Waals surface area contributed by atoms with Gasteiger partial charge in [0.15, 0.2) is 5.76 Å². The van der Waals surface area contributed by atoms with Crippen molar-refractivity contribution in [3.05, 3.63) is 70.9 Å². The summed E-state index contributed by atoms with van der Waals surface area (Å²) >= 11 is 3.25. The molecule has 0 aliphatic carbocycles. The number of sulfonamides is 1. The molecule has 0 radical (unpaired) electrons. The average molecular weight is 553 g/mol. The molecule has 1 N–H and O–H groups in total. The van der Waals surface area contributed by atoms with Crippen LogP contribution in [0, 0.1) is 0 Å². The smallest absolute Gasteiger partial charge is 0.291 e. The summed E-state index contributed by atoms with van der Waals surface area (Å²) in [4.78, 5) is 12.7. The van der Waals surface area contributed by atoms with Gasteiger partial charge < -0.3 is 9.73 Å². The Morgan fingerprint density at radius 3 is 2.06 bits per heavy atom. The molecule has 2 aromatic carbocycles. The predicted molar refractivity (Wildman–Crippen MR) is 125 cm³/mol. The maximum absolute atomic E-state index is 12.7. The van der Waals surface area contributed by atoms with Crippen molar-refractivity contribution in [2.75, 3.05) is 18.4 Å². The summed E-state index contributed by atoms with van der Waals surface area (Å²) in [6, 6.07) is 14.4. The van der Waals surface area contributed by atoms with E-state index in [0.29, 0.717) is 18.8 Å². The first-order valence-electron chi connectivity index (χ1n) is 10.2. The van der Waals surface area contributed by atoms with Crippen LogP contribution in [0.25, 0.3) is 0 Å². The quantitative estimate of drug-likeness (QED) is 0.487. The predicted octanol–water partition coefficient (Wildman–Crippen LogP) is 4.30. The number of piperidine rings is 1. The summed E-state index contributed by atoms with van der Waals surface area (Å²) in [5.41, 5.74) is 0.353. The normalized spacial score (nSPS) is 15.3. The van der Waals surface area contributed by atoms with Gasteiger partial charge in [0.1, 0.15) is 0 Å². The van der Waals surface area contributed by atoms with Crippen LogP contribution in [0.15, 0.2) is 84.4 Å². The van der Waals surface area contributed by atoms with Gasteiger partial charge in [-0.1, -0.05) is 22.4 Å². The Hall–Kier alpha value is -2.47. The summed E-state index contributed by atoms with van der Waals surface area (Å²) in [6.07, 6.45) is 2.71. The highest BCUT2D eigenvalue weighted by Gasteiger charge is 2.26. The third kappa shape index (κ3) is 5.06. The van der Waals surface area contributed by atoms with Gasteiger partial charge in [0.25, 0.3) is 5.91 Å². The number of anilines is 1. The number of hydrogen-bond acceptors (Lipinski definition) is 6. The molecule has 174 valence electrons. The number of hydrogen-bond donors (Lipinski definition) is 1. The van der Waals surface area contributed by atoms with Crippen molar-refractivity contribution in [1.29, 1.82) is 0 Å². The van der Waals surface area contributed by atoms with E-state index in [2.05, 4.69) is 21.2 Å². The average Bonchev–Trinajstić information content (AvgIpc) is 3.32. The van der Waals surface area contributed by atoms with Crippen LogP contribution in [0.4, 0.5) is 5.69 Å². The molecule has 0 spiro atoms. The molecule has 33 heavy (non-hydrogen) atoms. The number of benzene rings is 2. The fourth-order valence-corrected chi connectivity index (χ4v) is 6.43. The lowest BCUT2D eigenvalue weighted by Gasteiger charge is -2.25. The van der Waals surface area contributed by atoms with E-state index >= 15 is 0 Å². The second-order valence-corrected chi connectivity index (χ2v) is 12.3. The zero-order chi connectivity index (χ0) is 23.6. The molecule has 1 fully saturated rings. The Balaban J connectivity index is 1.47. The Morgan fingerprint density at radius 2 is 1.42 bits per heavy atom. The molecule has 2 heterocycles. The van der Waals surface area contributed by atoms with Crippen molar-refractivity contribution < 1.29 is 26.0 Å². The largest absolute Gasteiger partial charge is 0.439 e. The lowest BCUT2D eigenvalue weighted by atomic mass is 10.2. The number of rotatable bonds is 6. The maximum Gasteiger partial charge on any atom is 0.291 e. The molecule has 0 atom stereocenters. The van der Waals surface area contributed by atoms with E-state index in [4.69, 9.17) is 4.42 Å². The molecule has 0 saturated carbocycles. The highest BCUT2D eigenvalue weighted by molar-refractivity contribution is 9.10. The van der Waals surface area contributed by atoms with E-state index in [9.17, 15) is 21.6 Å². The lowest BCUT2D eigenvalue weighted by Crippen LogP contribution is -2.35. The number of carbonyl (C=O) groups excluding carboxylic acids is 1. The highest BCUT2D eigenvalue weighted by atomic mass is 79.9. The summed E-state index contributed by atoms with van der Waals surface area (Å²) in [7, 11) is -7.48. The molecule has 0 bridgehead atoms. The second kappa shape index (κ2) is 9.41. The summed E-state index contributed by atoms with van der Waals surface area (Å²) < 4.78 is 58.4. The van der Waals surface area contributed by atoms with E-state index in [1.807, 2.05) is 0 Å². The van der Waals surface area contributed by atoms with Crippen molar-refractivity contribution in [2.24, 2.45) is 0 Å². The van der Waals surface area contributed by atoms with Crippen LogP contribution in [0.5, 0.6) is 0 Å². The van der Waals surface area contributed by atoms with Crippen molar-refractivity contribution in [2.45, 2.75) is 34.1 Å². The molecular formula is C22H21BrN2O6S2. The number of sulfone groups is 1. The van der Waals surface area contributed by atoms with Crippen molar-refractivity contribution >= 4 is 47.4 Å². The second-order valence-electron chi connectivity index (χ2n) is 7.52. The number of amides is 1. The van der Waals surface area contributed by atoms with Crippen LogP contribution < -0.4 is 5.32 Å². The number of furan rings is 1. The van der Waals surface area contributed by atoms with Gasteiger partial charge in [0.2, 0.25) is 25.0 Å². The van der Waals surface area contributed by atoms with Gasteiger partial charge >= 0.3 is 0 Å². The Bertz CT molecular complexity index is 1360. The highest BCUT2D eigenvalue weighted by Crippen LogP contribution is 2.25. The zero-order valence-electron chi connectivity index (χ0n) is 17.4. The Kier molecular flexibility index (Phi) is 6.76. The Morgan fingerprint density at radius 1 is 0.818 bits per heavy atom. The third-order valence-electron chi connectivity index (χ3n) is 5.26. The van der Waals surface area contributed by atoms with Crippen molar-refractivity contribution in [3.8, 4) is 0 Å². The number of nitrogens with one attached hydrogen (secondary N) is 1. The van der Waals surface area contributed by atoms with Crippen LogP contribution in [0.1, 0.15) is 29.8 Å². The SMILES string of the molecule is O=C(Nc1ccc(S(=O)(=O)N2CCCCC2)cc1)c1ccc(S(=O)(=O)c2ccc(Br)cc2)o1. The van der Waals surface area contributed by atoms with Crippen LogP contribution in [0.3, 0.4) is 0 Å². The van der Waals surface area contributed by atoms with E-state index in [0.717, 1.165) is 23.7 Å². The fraction of sp³-hybridized carbons (Fsp3) is 0.227. The molecule has 0 unspecified atom stereocenters. The molecule has 8 nitrogen and oxygen atoms in total. The van der Waals surface area contributed by atoms with Crippen molar-refractivity contribution in [1.82, 2.24) is 4.31 Å². The number of carbonyl (C=O) groups is 1. The van der Waals surface area contributed by atoms with Gasteiger partial charge in [-0.15, -0.1) is 0 Å². The molecule has 1 aliphatic heterocycles. The van der Waals surface area contributed by atoms with E-state index in [1.54, 1.807) is 12.1 Å². The fourth-order valence-electron chi connectivity index (χ4n) is 3.47. The minimum Gasteiger partial charge on any atom is -0.439 e. The lowest BCUT2D eigenvalue weighted by molar-refractivity contribution is 0.0991. The van der Waals surface area contributed by atoms with Gasteiger partial charge in [-0.05, 0) is 73.5 Å². The van der Waals surface area contributed by atoms with Crippen LogP contribution >= 0.6 is 15.9 Å². The van der Waals surface area contributed by atoms with Crippen LogP contribution in [-0.4, -0.2) is 40.1 Å². The minimum atomic E-state index is -3.91. The number of nitrogens with zero attached hydrogens (tertiary/aromatic N) is 1. The van der Waals surface area contributed by atoms with Crippen LogP contribution in [0.2, 0.25) is 0 Å². The van der Waals surface area contributed by atoms with Gasteiger partial charge in [0, 0.05) is 23.2 Å². The first kappa shape index (κ1) is 23.7. The molecular weight excluding hydrogens is 532 g/mol. The molecule has 1 amide bonds. The standard InChI is InChI=1S/C22H21BrN2O6S2/c23-16-4-8-18(9-5-16)32(27,28)21-13-12-20(31-21)22(26)24-17-6-10-19(11-7-17)33(29,30)25-14-2-1-3-15-25/h4-13H,1-3,14-15H2,(H,24,26). The first-order chi connectivity index (χ1) is 15.7. The monoisotopic (exact) mass is 552 g/mol. The van der Waals surface area contributed by atoms with Gasteiger partial charge in [0.05, 0.1) is 9.79 Å². The molecule has 11 heteroatoms. The Labute approximate surface area is 200 Å². The number of halogens is 1. The van der Waals surface area contributed by atoms with E-state index < -0.39 is 25.8 Å². The van der Waals surface area contributed by atoms with Gasteiger partial charge in [-0.3, -0.25) is 4.79 Å². The van der Waals surface area contributed by atoms with Crippen molar-refractivity contribution in [3.63, 3.8) is 0 Å². The summed E-state index contributed by atoms with van der Waals surface area (Å²) in [6.45, 7) is 1.01. The molecule has 1 saturated heterocycles. The zero-order valence-corrected chi connectivity index (χ0v) is 20.6. The summed E-state index contributed by atoms with van der Waals surface area (Å²) in [5.74, 6) is -0.838. The topological polar surface area (TPSA) is 114 Å². The third-order valence-corrected chi connectivity index (χ3v) is 9.34. The van der Waals surface area contributed by atoms with E-state index in [1.165, 1.54) is 52.8 Å². The molecule has 1 aromatic heterocycles. The molecule has 4 rings (SSSR count). The summed E-state index contributed by atoms with van der Waals surface area (Å²) in [5, 5.41) is 2.24. The van der Waals surface area contributed by atoms with Crippen LogP contribution in [-0.2, 0) is 19.9 Å².